The van der Waals surface area contributed by atoms with Crippen molar-refractivity contribution in [3.05, 3.63) is 109 Å². The van der Waals surface area contributed by atoms with Gasteiger partial charge in [-0.15, -0.1) is 0 Å². The SMILES string of the molecule is C=C/C(=C\C(=C/C)c1ccc2[nH]nc(-c3nc4c(-c5cccc(F)c5)cncc4[nH]3)c2c1)NC(=C)C(C)(C)C. The number of nitrogens with zero attached hydrogens (tertiary/aromatic N) is 3. The summed E-state index contributed by atoms with van der Waals surface area (Å²) in [4.78, 5) is 12.5. The van der Waals surface area contributed by atoms with E-state index in [1.807, 2.05) is 19.1 Å². The van der Waals surface area contributed by atoms with Gasteiger partial charge in [0, 0.05) is 34.0 Å². The summed E-state index contributed by atoms with van der Waals surface area (Å²) in [6.45, 7) is 16.5. The Hall–Kier alpha value is -4.78. The smallest absolute Gasteiger partial charge is 0.159 e. The van der Waals surface area contributed by atoms with Crippen LogP contribution in [0.15, 0.2) is 97.6 Å². The molecule has 0 aliphatic heterocycles. The van der Waals surface area contributed by atoms with Crippen molar-refractivity contribution in [3.8, 4) is 22.6 Å². The highest BCUT2D eigenvalue weighted by atomic mass is 19.1. The minimum Gasteiger partial charge on any atom is -0.359 e. The molecule has 0 amide bonds. The van der Waals surface area contributed by atoms with E-state index in [1.165, 1.54) is 12.1 Å². The molecule has 3 aromatic heterocycles. The summed E-state index contributed by atoms with van der Waals surface area (Å²) in [5.41, 5.74) is 8.23. The maximum absolute atomic E-state index is 13.9. The number of rotatable bonds is 7. The average Bonchev–Trinajstić information content (AvgIpc) is 3.53. The first-order valence-electron chi connectivity index (χ1n) is 12.7. The Morgan fingerprint density at radius 1 is 1.08 bits per heavy atom. The Morgan fingerprint density at radius 2 is 1.90 bits per heavy atom. The van der Waals surface area contributed by atoms with Gasteiger partial charge in [-0.25, -0.2) is 9.37 Å². The van der Waals surface area contributed by atoms with E-state index in [9.17, 15) is 4.39 Å². The van der Waals surface area contributed by atoms with E-state index in [0.29, 0.717) is 22.6 Å². The van der Waals surface area contributed by atoms with Crippen LogP contribution >= 0.6 is 0 Å². The topological polar surface area (TPSA) is 82.3 Å². The number of imidazole rings is 1. The molecule has 0 bridgehead atoms. The molecule has 7 heteroatoms. The highest BCUT2D eigenvalue weighted by molar-refractivity contribution is 5.98. The zero-order valence-corrected chi connectivity index (χ0v) is 22.6. The minimum atomic E-state index is -0.308. The van der Waals surface area contributed by atoms with Crippen molar-refractivity contribution in [1.29, 1.82) is 0 Å². The molecule has 0 radical (unpaired) electrons. The fourth-order valence-electron chi connectivity index (χ4n) is 4.30. The summed E-state index contributed by atoms with van der Waals surface area (Å²) < 4.78 is 13.9. The third-order valence-electron chi connectivity index (χ3n) is 6.69. The molecule has 0 unspecified atom stereocenters. The summed E-state index contributed by atoms with van der Waals surface area (Å²) >= 11 is 0. The monoisotopic (exact) mass is 518 g/mol. The van der Waals surface area contributed by atoms with Crippen molar-refractivity contribution >= 4 is 27.5 Å². The molecule has 3 heterocycles. The molecular weight excluding hydrogens is 487 g/mol. The highest BCUT2D eigenvalue weighted by Crippen LogP contribution is 2.32. The molecular formula is C32H31FN6. The lowest BCUT2D eigenvalue weighted by atomic mass is 9.92. The van der Waals surface area contributed by atoms with Crippen molar-refractivity contribution in [2.24, 2.45) is 5.41 Å². The third kappa shape index (κ3) is 5.16. The largest absolute Gasteiger partial charge is 0.359 e. The van der Waals surface area contributed by atoms with Crippen LogP contribution in [0.25, 0.3) is 50.2 Å². The molecule has 0 aliphatic carbocycles. The standard InChI is InChI=1S/C32H31FN6/c1-7-20(15-24(8-2)35-19(3)32(4,5)6)21-12-13-27-25(16-21)30(39-38-27)31-36-28-18-34-17-26(29(28)37-31)22-10-9-11-23(33)14-22/h7-18,35H,2-3H2,1,4-6H3,(H,36,37)(H,38,39)/b20-7+,24-15+. The van der Waals surface area contributed by atoms with Crippen LogP contribution in [-0.4, -0.2) is 25.1 Å². The van der Waals surface area contributed by atoms with Gasteiger partial charge in [0.15, 0.2) is 5.82 Å². The van der Waals surface area contributed by atoms with Gasteiger partial charge in [-0.05, 0) is 60.0 Å². The molecule has 2 aromatic carbocycles. The van der Waals surface area contributed by atoms with Gasteiger partial charge in [0.25, 0.3) is 0 Å². The number of benzene rings is 2. The number of aromatic nitrogens is 5. The molecule has 0 atom stereocenters. The predicted molar refractivity (Wildman–Crippen MR) is 158 cm³/mol. The van der Waals surface area contributed by atoms with Gasteiger partial charge >= 0.3 is 0 Å². The Balaban J connectivity index is 1.55. The number of H-pyrrole nitrogens is 2. The number of hydrogen-bond acceptors (Lipinski definition) is 4. The number of fused-ring (bicyclic) bond motifs is 2. The number of aromatic amines is 2. The van der Waals surface area contributed by atoms with Crippen LogP contribution in [0.4, 0.5) is 4.39 Å². The van der Waals surface area contributed by atoms with Crippen LogP contribution in [-0.2, 0) is 0 Å². The molecule has 0 saturated heterocycles. The lowest BCUT2D eigenvalue weighted by Gasteiger charge is -2.24. The Morgan fingerprint density at radius 3 is 2.62 bits per heavy atom. The van der Waals surface area contributed by atoms with Crippen LogP contribution in [0.2, 0.25) is 0 Å². The second kappa shape index (κ2) is 10.2. The van der Waals surface area contributed by atoms with E-state index in [1.54, 1.807) is 24.5 Å². The summed E-state index contributed by atoms with van der Waals surface area (Å²) in [5.74, 6) is 0.295. The first kappa shape index (κ1) is 25.9. The molecule has 0 spiro atoms. The van der Waals surface area contributed by atoms with E-state index in [-0.39, 0.29) is 11.2 Å². The van der Waals surface area contributed by atoms with Crippen molar-refractivity contribution in [2.75, 3.05) is 0 Å². The summed E-state index contributed by atoms with van der Waals surface area (Å²) in [6.07, 6.45) is 9.33. The summed E-state index contributed by atoms with van der Waals surface area (Å²) in [5, 5.41) is 12.0. The molecule has 196 valence electrons. The maximum Gasteiger partial charge on any atom is 0.159 e. The number of allylic oxidation sites excluding steroid dienone is 5. The fraction of sp³-hybridized carbons (Fsp3) is 0.156. The van der Waals surface area contributed by atoms with Crippen molar-refractivity contribution in [2.45, 2.75) is 27.7 Å². The fourth-order valence-corrected chi connectivity index (χ4v) is 4.30. The molecule has 5 aromatic rings. The van der Waals surface area contributed by atoms with Gasteiger partial charge < -0.3 is 10.3 Å². The van der Waals surface area contributed by atoms with Crippen LogP contribution in [0.1, 0.15) is 33.3 Å². The molecule has 6 nitrogen and oxygen atoms in total. The first-order chi connectivity index (χ1) is 18.7. The van der Waals surface area contributed by atoms with Crippen LogP contribution in [0.3, 0.4) is 0 Å². The number of nitrogens with one attached hydrogen (secondary N) is 3. The third-order valence-corrected chi connectivity index (χ3v) is 6.69. The van der Waals surface area contributed by atoms with E-state index in [0.717, 1.165) is 44.5 Å². The van der Waals surface area contributed by atoms with E-state index in [4.69, 9.17) is 4.98 Å². The summed E-state index contributed by atoms with van der Waals surface area (Å²) in [6, 6.07) is 12.6. The zero-order valence-electron chi connectivity index (χ0n) is 22.6. The van der Waals surface area contributed by atoms with Gasteiger partial charge in [-0.2, -0.15) is 5.10 Å². The molecule has 0 aliphatic rings. The summed E-state index contributed by atoms with van der Waals surface area (Å²) in [7, 11) is 0. The van der Waals surface area contributed by atoms with Crippen LogP contribution < -0.4 is 5.32 Å². The van der Waals surface area contributed by atoms with Crippen LogP contribution in [0.5, 0.6) is 0 Å². The van der Waals surface area contributed by atoms with Gasteiger partial charge in [-0.3, -0.25) is 10.1 Å². The van der Waals surface area contributed by atoms with Crippen molar-refractivity contribution in [3.63, 3.8) is 0 Å². The number of halogens is 1. The van der Waals surface area contributed by atoms with Gasteiger partial charge in [-0.1, -0.05) is 58.2 Å². The second-order valence-electron chi connectivity index (χ2n) is 10.4. The van der Waals surface area contributed by atoms with Crippen molar-refractivity contribution in [1.82, 2.24) is 30.5 Å². The minimum absolute atomic E-state index is 0.0839. The van der Waals surface area contributed by atoms with Gasteiger partial charge in [0.1, 0.15) is 11.5 Å². The van der Waals surface area contributed by atoms with E-state index < -0.39 is 0 Å². The predicted octanol–water partition coefficient (Wildman–Crippen LogP) is 7.93. The Labute approximate surface area is 227 Å². The van der Waals surface area contributed by atoms with E-state index in [2.05, 4.69) is 83.7 Å². The maximum atomic E-state index is 13.9. The lowest BCUT2D eigenvalue weighted by molar-refractivity contribution is 0.478. The first-order valence-corrected chi connectivity index (χ1v) is 12.7. The lowest BCUT2D eigenvalue weighted by Crippen LogP contribution is -2.22. The Bertz CT molecular complexity index is 1780. The average molecular weight is 519 g/mol. The van der Waals surface area contributed by atoms with Crippen molar-refractivity contribution < 1.29 is 4.39 Å². The molecule has 0 fully saturated rings. The number of hydrogen-bond donors (Lipinski definition) is 3. The van der Waals surface area contributed by atoms with Crippen LogP contribution in [0, 0.1) is 11.2 Å². The highest BCUT2D eigenvalue weighted by Gasteiger charge is 2.17. The molecule has 39 heavy (non-hydrogen) atoms. The van der Waals surface area contributed by atoms with Gasteiger partial charge in [0.2, 0.25) is 0 Å². The Kier molecular flexibility index (Phi) is 6.74. The molecule has 5 rings (SSSR count). The normalized spacial score (nSPS) is 12.7. The number of pyridine rings is 1. The molecule has 0 saturated carbocycles. The quantitative estimate of drug-likeness (QED) is 0.191. The second-order valence-corrected chi connectivity index (χ2v) is 10.4. The zero-order chi connectivity index (χ0) is 27.7. The van der Waals surface area contributed by atoms with E-state index >= 15 is 0 Å². The molecule has 3 N–H and O–H groups in total. The van der Waals surface area contributed by atoms with Gasteiger partial charge in [0.05, 0.1) is 22.7 Å².